The van der Waals surface area contributed by atoms with Crippen molar-refractivity contribution in [2.24, 2.45) is 0 Å². The van der Waals surface area contributed by atoms with Crippen LogP contribution >= 0.6 is 22.9 Å². The molecule has 3 rings (SSSR count). The van der Waals surface area contributed by atoms with Gasteiger partial charge in [-0.15, -0.1) is 11.3 Å². The van der Waals surface area contributed by atoms with Gasteiger partial charge < -0.3 is 9.72 Å². The maximum absolute atomic E-state index is 12.3. The number of hydrogen-bond donors (Lipinski definition) is 1. The molecule has 6 heteroatoms. The number of ether oxygens (including phenoxy) is 1. The van der Waals surface area contributed by atoms with E-state index in [2.05, 4.69) is 4.98 Å². The summed E-state index contributed by atoms with van der Waals surface area (Å²) in [5, 5.41) is 0.565. The van der Waals surface area contributed by atoms with Gasteiger partial charge in [0.1, 0.15) is 5.75 Å². The molecule has 0 atom stereocenters. The molecule has 126 valence electrons. The van der Waals surface area contributed by atoms with E-state index >= 15 is 0 Å². The van der Waals surface area contributed by atoms with E-state index in [9.17, 15) is 9.59 Å². The van der Waals surface area contributed by atoms with E-state index in [4.69, 9.17) is 16.3 Å². The van der Waals surface area contributed by atoms with E-state index in [1.165, 1.54) is 17.4 Å². The van der Waals surface area contributed by atoms with Crippen molar-refractivity contribution >= 4 is 40.9 Å². The van der Waals surface area contributed by atoms with Gasteiger partial charge in [0.2, 0.25) is 0 Å². The van der Waals surface area contributed by atoms with Crippen LogP contribution in [0.1, 0.15) is 15.9 Å². The largest absolute Gasteiger partial charge is 0.497 e. The third-order valence-electron chi connectivity index (χ3n) is 3.51. The molecular weight excluding hydrogens is 358 g/mol. The molecule has 3 aromatic rings. The standard InChI is InChI=1S/C19H14ClNO3S/c1-24-14-8-6-12(7-9-14)16(22)11-18-21-19(23)17(25-18)10-13-4-2-3-5-15(13)20/h2-11H,1H3,(H,21,23)/b17-10+,18-11+. The van der Waals surface area contributed by atoms with Gasteiger partial charge in [0, 0.05) is 16.7 Å². The fourth-order valence-corrected chi connectivity index (χ4v) is 3.28. The second-order valence-electron chi connectivity index (χ2n) is 5.19. The molecule has 0 aliphatic heterocycles. The van der Waals surface area contributed by atoms with E-state index in [0.717, 1.165) is 5.56 Å². The number of aromatic nitrogens is 1. The summed E-state index contributed by atoms with van der Waals surface area (Å²) in [7, 11) is 1.57. The SMILES string of the molecule is COc1ccc(C(=O)/C=c2\[nH]c(=O)/c(=C\c3ccccc3Cl)s2)cc1. The first-order valence-electron chi connectivity index (χ1n) is 7.42. The molecule has 1 heterocycles. The fraction of sp³-hybridized carbons (Fsp3) is 0.0526. The van der Waals surface area contributed by atoms with Crippen molar-refractivity contribution in [1.82, 2.24) is 4.98 Å². The molecule has 0 fully saturated rings. The lowest BCUT2D eigenvalue weighted by atomic mass is 10.1. The van der Waals surface area contributed by atoms with Crippen molar-refractivity contribution < 1.29 is 9.53 Å². The molecule has 0 bridgehead atoms. The lowest BCUT2D eigenvalue weighted by Crippen LogP contribution is -2.20. The first-order chi connectivity index (χ1) is 12.1. The lowest BCUT2D eigenvalue weighted by molar-refractivity contribution is 0.106. The van der Waals surface area contributed by atoms with Crippen LogP contribution in [0, 0.1) is 0 Å². The van der Waals surface area contributed by atoms with E-state index in [-0.39, 0.29) is 11.3 Å². The van der Waals surface area contributed by atoms with Gasteiger partial charge in [-0.25, -0.2) is 0 Å². The van der Waals surface area contributed by atoms with Gasteiger partial charge >= 0.3 is 0 Å². The summed E-state index contributed by atoms with van der Waals surface area (Å²) in [4.78, 5) is 27.1. The molecule has 1 aromatic heterocycles. The van der Waals surface area contributed by atoms with Gasteiger partial charge in [-0.1, -0.05) is 29.8 Å². The molecule has 25 heavy (non-hydrogen) atoms. The highest BCUT2D eigenvalue weighted by molar-refractivity contribution is 7.07. The second kappa shape index (κ2) is 7.51. The number of halogens is 1. The van der Waals surface area contributed by atoms with Gasteiger partial charge in [0.15, 0.2) is 5.78 Å². The van der Waals surface area contributed by atoms with Gasteiger partial charge in [0.05, 0.1) is 16.3 Å². The van der Waals surface area contributed by atoms with Gasteiger partial charge in [-0.05, 0) is 42.0 Å². The number of nitrogens with one attached hydrogen (secondary N) is 1. The van der Waals surface area contributed by atoms with Crippen LogP contribution in [0.4, 0.5) is 0 Å². The molecule has 0 aliphatic carbocycles. The van der Waals surface area contributed by atoms with Crippen molar-refractivity contribution in [3.8, 4) is 5.75 Å². The molecule has 0 radical (unpaired) electrons. The molecule has 1 N–H and O–H groups in total. The minimum atomic E-state index is -0.251. The Balaban J connectivity index is 1.96. The Bertz CT molecular complexity index is 1080. The maximum Gasteiger partial charge on any atom is 0.266 e. The van der Waals surface area contributed by atoms with Crippen LogP contribution in [0.3, 0.4) is 0 Å². The molecule has 2 aromatic carbocycles. The average Bonchev–Trinajstić information content (AvgIpc) is 2.96. The Labute approximate surface area is 152 Å². The van der Waals surface area contributed by atoms with E-state index in [0.29, 0.717) is 25.5 Å². The fourth-order valence-electron chi connectivity index (χ4n) is 2.22. The summed E-state index contributed by atoms with van der Waals surface area (Å²) in [5.74, 6) is 0.488. The monoisotopic (exact) mass is 371 g/mol. The van der Waals surface area contributed by atoms with E-state index < -0.39 is 0 Å². The third-order valence-corrected chi connectivity index (χ3v) is 4.82. The number of carbonyl (C=O) groups excluding carboxylic acids is 1. The number of benzene rings is 2. The average molecular weight is 372 g/mol. The first kappa shape index (κ1) is 17.2. The van der Waals surface area contributed by atoms with Crippen LogP contribution in [0.5, 0.6) is 5.75 Å². The summed E-state index contributed by atoms with van der Waals surface area (Å²) in [6.45, 7) is 0. The van der Waals surface area contributed by atoms with Crippen molar-refractivity contribution in [3.63, 3.8) is 0 Å². The highest BCUT2D eigenvalue weighted by Gasteiger charge is 2.04. The van der Waals surface area contributed by atoms with Gasteiger partial charge in [-0.2, -0.15) is 0 Å². The summed E-state index contributed by atoms with van der Waals surface area (Å²) in [6, 6.07) is 14.1. The van der Waals surface area contributed by atoms with Crippen LogP contribution in [0.15, 0.2) is 53.3 Å². The van der Waals surface area contributed by atoms with Crippen LogP contribution in [-0.4, -0.2) is 17.9 Å². The van der Waals surface area contributed by atoms with Gasteiger partial charge in [0.25, 0.3) is 5.56 Å². The number of thiazole rings is 1. The zero-order chi connectivity index (χ0) is 17.8. The minimum absolute atomic E-state index is 0.190. The maximum atomic E-state index is 12.3. The molecule has 0 amide bonds. The van der Waals surface area contributed by atoms with Crippen LogP contribution < -0.4 is 19.5 Å². The smallest absolute Gasteiger partial charge is 0.266 e. The number of rotatable bonds is 4. The van der Waals surface area contributed by atoms with Crippen molar-refractivity contribution in [1.29, 1.82) is 0 Å². The molecule has 0 aliphatic rings. The lowest BCUT2D eigenvalue weighted by Gasteiger charge is -1.99. The Morgan fingerprint density at radius 3 is 2.56 bits per heavy atom. The molecule has 4 nitrogen and oxygen atoms in total. The zero-order valence-electron chi connectivity index (χ0n) is 13.3. The van der Waals surface area contributed by atoms with Crippen molar-refractivity contribution in [2.45, 2.75) is 0 Å². The molecular formula is C19H14ClNO3S. The number of hydrogen-bond acceptors (Lipinski definition) is 4. The Kier molecular flexibility index (Phi) is 5.16. The topological polar surface area (TPSA) is 59.2 Å². The van der Waals surface area contributed by atoms with E-state index in [1.807, 2.05) is 18.2 Å². The number of H-pyrrole nitrogens is 1. The van der Waals surface area contributed by atoms with Crippen LogP contribution in [-0.2, 0) is 0 Å². The summed E-state index contributed by atoms with van der Waals surface area (Å²) in [6.07, 6.45) is 3.12. The predicted molar refractivity (Wildman–Crippen MR) is 101 cm³/mol. The molecule has 0 saturated heterocycles. The molecule has 0 unspecified atom stereocenters. The third kappa shape index (κ3) is 4.07. The number of aromatic amines is 1. The minimum Gasteiger partial charge on any atom is -0.497 e. The number of carbonyl (C=O) groups is 1. The molecule has 0 spiro atoms. The van der Waals surface area contributed by atoms with Gasteiger partial charge in [-0.3, -0.25) is 9.59 Å². The first-order valence-corrected chi connectivity index (χ1v) is 8.62. The quantitative estimate of drug-likeness (QED) is 0.717. The number of ketones is 1. The van der Waals surface area contributed by atoms with Crippen molar-refractivity contribution in [3.05, 3.63) is 84.2 Å². The Morgan fingerprint density at radius 2 is 1.88 bits per heavy atom. The van der Waals surface area contributed by atoms with Crippen molar-refractivity contribution in [2.75, 3.05) is 7.11 Å². The highest BCUT2D eigenvalue weighted by atomic mass is 35.5. The number of methoxy groups -OCH3 is 1. The van der Waals surface area contributed by atoms with E-state index in [1.54, 1.807) is 43.5 Å². The zero-order valence-corrected chi connectivity index (χ0v) is 14.9. The summed E-state index contributed by atoms with van der Waals surface area (Å²) >= 11 is 7.32. The predicted octanol–water partition coefficient (Wildman–Crippen LogP) is 2.59. The molecule has 0 saturated carbocycles. The highest BCUT2D eigenvalue weighted by Crippen LogP contribution is 2.15. The van der Waals surface area contributed by atoms with Crippen LogP contribution in [0.2, 0.25) is 5.02 Å². The Morgan fingerprint density at radius 1 is 1.16 bits per heavy atom. The summed E-state index contributed by atoms with van der Waals surface area (Å²) in [5.41, 5.74) is 1.02. The number of Topliss-reactive ketones (excluding diaryl/α,β-unsaturated/α-hetero) is 1. The second-order valence-corrected chi connectivity index (χ2v) is 6.68. The Hall–Kier alpha value is -2.63. The summed E-state index contributed by atoms with van der Waals surface area (Å²) < 4.78 is 6.05. The van der Waals surface area contributed by atoms with Crippen LogP contribution in [0.25, 0.3) is 12.2 Å². The normalized spacial score (nSPS) is 12.4.